The molecule has 3 atom stereocenters. The van der Waals surface area contributed by atoms with Crippen LogP contribution in [-0.2, 0) is 7.05 Å². The van der Waals surface area contributed by atoms with Crippen LogP contribution in [-0.4, -0.2) is 44.6 Å². The molecule has 1 aromatic carbocycles. The van der Waals surface area contributed by atoms with Gasteiger partial charge in [0.15, 0.2) is 0 Å². The number of hydrogen-bond donors (Lipinski definition) is 0. The Bertz CT molecular complexity index is 1580. The molecule has 38 heavy (non-hydrogen) atoms. The van der Waals surface area contributed by atoms with Crippen molar-refractivity contribution >= 4 is 22.5 Å². The number of aryl methyl sites for hydroxylation is 1. The Morgan fingerprint density at radius 2 is 1.89 bits per heavy atom. The number of rotatable bonds is 5. The maximum atomic E-state index is 15.1. The van der Waals surface area contributed by atoms with Gasteiger partial charge in [-0.15, -0.1) is 4.98 Å². The van der Waals surface area contributed by atoms with Crippen molar-refractivity contribution in [2.75, 3.05) is 18.0 Å². The van der Waals surface area contributed by atoms with Crippen LogP contribution in [0.2, 0.25) is 0 Å². The maximum absolute atomic E-state index is 15.1. The number of nitrogens with zero attached hydrogens (tertiary/aromatic N) is 6. The highest BCUT2D eigenvalue weighted by Gasteiger charge is 2.38. The third-order valence-electron chi connectivity index (χ3n) is 7.40. The van der Waals surface area contributed by atoms with E-state index in [2.05, 4.69) is 38.5 Å². The summed E-state index contributed by atoms with van der Waals surface area (Å²) in [5.41, 5.74) is 2.82. The Labute approximate surface area is 219 Å². The van der Waals surface area contributed by atoms with Gasteiger partial charge in [-0.25, -0.2) is 8.78 Å². The van der Waals surface area contributed by atoms with Crippen molar-refractivity contribution in [3.05, 3.63) is 105 Å². The molecule has 0 spiro atoms. The smallest absolute Gasteiger partial charge is 0.270 e. The molecule has 0 N–H and O–H groups in total. The number of benzene rings is 1. The largest absolute Gasteiger partial charge is 0.362 e. The van der Waals surface area contributed by atoms with E-state index in [-0.39, 0.29) is 29.3 Å². The van der Waals surface area contributed by atoms with Crippen molar-refractivity contribution in [1.82, 2.24) is 19.4 Å². The average molecular weight is 515 g/mol. The van der Waals surface area contributed by atoms with Gasteiger partial charge in [-0.2, -0.15) is 0 Å². The molecule has 9 heteroatoms. The molecule has 1 unspecified atom stereocenters. The Morgan fingerprint density at radius 1 is 1.13 bits per heavy atom. The molecule has 194 valence electrons. The van der Waals surface area contributed by atoms with Gasteiger partial charge < -0.3 is 14.3 Å². The third kappa shape index (κ3) is 4.52. The molecular weight excluding hydrogens is 486 g/mol. The van der Waals surface area contributed by atoms with E-state index in [1.165, 1.54) is 22.8 Å². The molecule has 1 saturated heterocycles. The highest BCUT2D eigenvalue weighted by Crippen LogP contribution is 2.37. The van der Waals surface area contributed by atoms with E-state index in [0.29, 0.717) is 35.5 Å². The molecule has 5 rings (SSSR count). The SMILES string of the molecule is [C-]#[N+]c1ccc2c(n1)c(N1C[C@@H](CC)N(C(c3ccc(F)cc3)c3ncccc3F)C[C@@H]1C)cc(=O)n2C. The second-order valence-corrected chi connectivity index (χ2v) is 9.66. The molecule has 0 bridgehead atoms. The quantitative estimate of drug-likeness (QED) is 0.341. The third-order valence-corrected chi connectivity index (χ3v) is 7.40. The molecule has 3 aromatic heterocycles. The monoisotopic (exact) mass is 514 g/mol. The Morgan fingerprint density at radius 3 is 2.58 bits per heavy atom. The summed E-state index contributed by atoms with van der Waals surface area (Å²) >= 11 is 0. The zero-order valence-corrected chi connectivity index (χ0v) is 21.5. The van der Waals surface area contributed by atoms with Gasteiger partial charge in [0.25, 0.3) is 11.4 Å². The second-order valence-electron chi connectivity index (χ2n) is 9.66. The van der Waals surface area contributed by atoms with Gasteiger partial charge in [-0.05, 0) is 55.3 Å². The summed E-state index contributed by atoms with van der Waals surface area (Å²) in [6.07, 6.45) is 2.32. The lowest BCUT2D eigenvalue weighted by molar-refractivity contribution is 0.112. The van der Waals surface area contributed by atoms with Crippen LogP contribution in [0.4, 0.5) is 20.3 Å². The van der Waals surface area contributed by atoms with Crippen LogP contribution in [0.15, 0.2) is 65.6 Å². The summed E-state index contributed by atoms with van der Waals surface area (Å²) in [6.45, 7) is 12.6. The van der Waals surface area contributed by atoms with Crippen LogP contribution >= 0.6 is 0 Å². The minimum absolute atomic E-state index is 0.0363. The Balaban J connectivity index is 1.59. The second kappa shape index (κ2) is 10.3. The van der Waals surface area contributed by atoms with Gasteiger partial charge in [-0.3, -0.25) is 14.7 Å². The van der Waals surface area contributed by atoms with Crippen molar-refractivity contribution in [1.29, 1.82) is 0 Å². The molecule has 4 heterocycles. The predicted molar refractivity (Wildman–Crippen MR) is 143 cm³/mol. The normalized spacial score (nSPS) is 18.9. The van der Waals surface area contributed by atoms with E-state index >= 15 is 4.39 Å². The van der Waals surface area contributed by atoms with Gasteiger partial charge in [-0.1, -0.05) is 25.6 Å². The van der Waals surface area contributed by atoms with Gasteiger partial charge in [0.05, 0.1) is 22.9 Å². The van der Waals surface area contributed by atoms with E-state index in [0.717, 1.165) is 12.0 Å². The lowest BCUT2D eigenvalue weighted by atomic mass is 9.94. The molecule has 0 aliphatic carbocycles. The average Bonchev–Trinajstić information content (AvgIpc) is 2.93. The topological polar surface area (TPSA) is 58.6 Å². The first-order chi connectivity index (χ1) is 18.3. The zero-order valence-electron chi connectivity index (χ0n) is 21.5. The summed E-state index contributed by atoms with van der Waals surface area (Å²) in [6, 6.07) is 13.4. The van der Waals surface area contributed by atoms with Gasteiger partial charge in [0.1, 0.15) is 11.6 Å². The van der Waals surface area contributed by atoms with Crippen molar-refractivity contribution in [2.45, 2.75) is 38.4 Å². The van der Waals surface area contributed by atoms with Crippen molar-refractivity contribution < 1.29 is 8.78 Å². The van der Waals surface area contributed by atoms with Crippen molar-refractivity contribution in [3.8, 4) is 0 Å². The van der Waals surface area contributed by atoms with Gasteiger partial charge in [0.2, 0.25) is 5.52 Å². The van der Waals surface area contributed by atoms with E-state index in [9.17, 15) is 9.18 Å². The minimum Gasteiger partial charge on any atom is -0.362 e. The fraction of sp³-hybridized carbons (Fsp3) is 0.310. The highest BCUT2D eigenvalue weighted by molar-refractivity contribution is 5.89. The molecule has 1 fully saturated rings. The first-order valence-corrected chi connectivity index (χ1v) is 12.6. The van der Waals surface area contributed by atoms with Crippen LogP contribution in [0.3, 0.4) is 0 Å². The maximum Gasteiger partial charge on any atom is 0.270 e. The van der Waals surface area contributed by atoms with Crippen LogP contribution in [0.25, 0.3) is 15.9 Å². The fourth-order valence-electron chi connectivity index (χ4n) is 5.41. The summed E-state index contributed by atoms with van der Waals surface area (Å²) in [5, 5.41) is 0. The van der Waals surface area contributed by atoms with E-state index in [1.54, 1.807) is 49.6 Å². The van der Waals surface area contributed by atoms with E-state index in [4.69, 9.17) is 6.57 Å². The molecule has 0 radical (unpaired) electrons. The summed E-state index contributed by atoms with van der Waals surface area (Å²) in [4.78, 5) is 29.7. The summed E-state index contributed by atoms with van der Waals surface area (Å²) in [5.74, 6) is -0.513. The first-order valence-electron chi connectivity index (χ1n) is 12.6. The number of piperazine rings is 1. The Hall–Kier alpha value is -4.16. The lowest BCUT2D eigenvalue weighted by Gasteiger charge is -2.49. The molecule has 4 aromatic rings. The molecule has 1 aliphatic rings. The molecule has 1 aliphatic heterocycles. The van der Waals surface area contributed by atoms with E-state index in [1.807, 2.05) is 0 Å². The lowest BCUT2D eigenvalue weighted by Crippen LogP contribution is -2.58. The summed E-state index contributed by atoms with van der Waals surface area (Å²) in [7, 11) is 1.69. The van der Waals surface area contributed by atoms with Crippen LogP contribution in [0.1, 0.15) is 37.6 Å². The molecule has 7 nitrogen and oxygen atoms in total. The number of pyridine rings is 3. The van der Waals surface area contributed by atoms with Crippen LogP contribution in [0, 0.1) is 18.2 Å². The number of hydrogen-bond acceptors (Lipinski definition) is 5. The van der Waals surface area contributed by atoms with Gasteiger partial charge in [0, 0.05) is 44.5 Å². The van der Waals surface area contributed by atoms with Crippen molar-refractivity contribution in [3.63, 3.8) is 0 Å². The number of aromatic nitrogens is 3. The number of halogens is 2. The van der Waals surface area contributed by atoms with Crippen LogP contribution in [0.5, 0.6) is 0 Å². The van der Waals surface area contributed by atoms with Crippen LogP contribution < -0.4 is 10.5 Å². The first kappa shape index (κ1) is 25.5. The minimum atomic E-state index is -0.515. The number of fused-ring (bicyclic) bond motifs is 1. The fourth-order valence-corrected chi connectivity index (χ4v) is 5.41. The van der Waals surface area contributed by atoms with Crippen molar-refractivity contribution in [2.24, 2.45) is 7.05 Å². The molecule has 0 amide bonds. The van der Waals surface area contributed by atoms with Gasteiger partial charge >= 0.3 is 0 Å². The highest BCUT2D eigenvalue weighted by atomic mass is 19.1. The standard InChI is InChI=1S/C29H28F2N6O/c1-5-21-17-36(24-15-26(38)35(4)23-12-13-25(32-3)34-28(23)24)18(2)16-37(21)29(19-8-10-20(30)11-9-19)27-22(31)7-6-14-33-27/h6-15,18,21,29H,5,16-17H2,1-2,4H3/t18-,21+,29?/m0/s1. The Kier molecular flexibility index (Phi) is 6.91. The number of anilines is 1. The van der Waals surface area contributed by atoms with E-state index < -0.39 is 11.9 Å². The zero-order chi connectivity index (χ0) is 27.0. The molecule has 0 saturated carbocycles. The summed E-state index contributed by atoms with van der Waals surface area (Å²) < 4.78 is 30.4. The predicted octanol–water partition coefficient (Wildman–Crippen LogP) is 5.24. The molecular formula is C29H28F2N6O.